The van der Waals surface area contributed by atoms with Crippen molar-refractivity contribution in [1.29, 1.82) is 0 Å². The van der Waals surface area contributed by atoms with Gasteiger partial charge in [-0.3, -0.25) is 9.59 Å². The van der Waals surface area contributed by atoms with Gasteiger partial charge in [0.15, 0.2) is 5.60 Å². The zero-order valence-corrected chi connectivity index (χ0v) is 18.6. The molecule has 0 saturated carbocycles. The summed E-state index contributed by atoms with van der Waals surface area (Å²) in [6.45, 7) is 4.00. The van der Waals surface area contributed by atoms with E-state index in [0.29, 0.717) is 29.8 Å². The highest BCUT2D eigenvalue weighted by Gasteiger charge is 2.59. The molecule has 1 saturated heterocycles. The molecular weight excluding hydrogens is 422 g/mol. The van der Waals surface area contributed by atoms with Gasteiger partial charge in [0, 0.05) is 16.5 Å². The summed E-state index contributed by atoms with van der Waals surface area (Å²) < 4.78 is 13.6. The van der Waals surface area contributed by atoms with Crippen molar-refractivity contribution in [2.45, 2.75) is 63.9 Å². The van der Waals surface area contributed by atoms with Crippen molar-refractivity contribution in [3.05, 3.63) is 63.4 Å². The first kappa shape index (κ1) is 20.5. The average molecular weight is 447 g/mol. The van der Waals surface area contributed by atoms with Crippen LogP contribution in [-0.2, 0) is 33.0 Å². The number of carbonyl (C=O) groups is 1. The molecule has 0 spiro atoms. The SMILES string of the molecule is CCC[C@H]1NC(=O)[C@@]2(CC)O[C@@]1(O)OCc1c2cc2n(c1=O)Cc1cc3ccccc3nc1-2. The molecule has 33 heavy (non-hydrogen) atoms. The average Bonchev–Trinajstić information content (AvgIpc) is 3.11. The summed E-state index contributed by atoms with van der Waals surface area (Å²) >= 11 is 0. The Morgan fingerprint density at radius 3 is 2.85 bits per heavy atom. The van der Waals surface area contributed by atoms with Crippen LogP contribution in [-0.4, -0.2) is 32.6 Å². The van der Waals surface area contributed by atoms with Crippen LogP contribution in [0.4, 0.5) is 0 Å². The number of benzene rings is 1. The molecule has 1 amide bonds. The molecule has 3 aliphatic heterocycles. The maximum Gasteiger partial charge on any atom is 0.303 e. The molecule has 8 nitrogen and oxygen atoms in total. The molecule has 2 aromatic heterocycles. The summed E-state index contributed by atoms with van der Waals surface area (Å²) in [5.41, 5.74) is 2.14. The van der Waals surface area contributed by atoms with Gasteiger partial charge in [-0.1, -0.05) is 38.5 Å². The minimum absolute atomic E-state index is 0.145. The second kappa shape index (κ2) is 6.96. The summed E-state index contributed by atoms with van der Waals surface area (Å²) in [7, 11) is 0. The number of hydrogen-bond acceptors (Lipinski definition) is 6. The summed E-state index contributed by atoms with van der Waals surface area (Å²) in [6, 6.07) is 11.0. The monoisotopic (exact) mass is 447 g/mol. The maximum absolute atomic E-state index is 13.7. The first-order chi connectivity index (χ1) is 15.9. The molecule has 3 atom stereocenters. The molecule has 1 fully saturated rings. The lowest BCUT2D eigenvalue weighted by Gasteiger charge is -2.46. The quantitative estimate of drug-likeness (QED) is 0.500. The summed E-state index contributed by atoms with van der Waals surface area (Å²) in [6.07, 6.45) is 1.44. The van der Waals surface area contributed by atoms with E-state index in [9.17, 15) is 14.7 Å². The number of aliphatic hydroxyl groups is 1. The molecule has 2 N–H and O–H groups in total. The first-order valence-electron chi connectivity index (χ1n) is 11.4. The Morgan fingerprint density at radius 2 is 2.06 bits per heavy atom. The lowest BCUT2D eigenvalue weighted by atomic mass is 9.84. The number of carbonyl (C=O) groups excluding carboxylic acids is 1. The number of pyridine rings is 2. The molecule has 170 valence electrons. The fourth-order valence-electron chi connectivity index (χ4n) is 5.40. The van der Waals surface area contributed by atoms with Crippen molar-refractivity contribution in [3.63, 3.8) is 0 Å². The van der Waals surface area contributed by atoms with Gasteiger partial charge in [-0.15, -0.1) is 0 Å². The molecular formula is C25H25N3O5. The number of morpholine rings is 1. The van der Waals surface area contributed by atoms with E-state index in [1.807, 2.05) is 37.3 Å². The second-order valence-corrected chi connectivity index (χ2v) is 9.02. The van der Waals surface area contributed by atoms with Gasteiger partial charge in [-0.05, 0) is 31.0 Å². The third-order valence-corrected chi connectivity index (χ3v) is 7.14. The number of ether oxygens (including phenoxy) is 2. The molecule has 8 heteroatoms. The highest BCUT2D eigenvalue weighted by Crippen LogP contribution is 2.45. The smallest absolute Gasteiger partial charge is 0.303 e. The standard InChI is InChI=1S/C25H25N3O5/c1-3-7-20-25(31)32-13-16-17(24(4-2,33-25)23(30)27-20)11-19-21-15(12-28(19)22(16)29)10-14-8-5-6-9-18(14)26-21/h5-6,8-11,20,31H,3-4,7,12-13H2,1-2H3,(H,27,30)/t20-,24+,25+/m1/s1. The zero-order chi connectivity index (χ0) is 23.0. The van der Waals surface area contributed by atoms with Crippen LogP contribution in [0.25, 0.3) is 22.3 Å². The van der Waals surface area contributed by atoms with Crippen LogP contribution in [0.2, 0.25) is 0 Å². The predicted molar refractivity (Wildman–Crippen MR) is 120 cm³/mol. The Morgan fingerprint density at radius 1 is 1.24 bits per heavy atom. The Kier molecular flexibility index (Phi) is 4.33. The lowest BCUT2D eigenvalue weighted by molar-refractivity contribution is -0.412. The molecule has 6 rings (SSSR count). The number of nitrogens with one attached hydrogen (secondary N) is 1. The van der Waals surface area contributed by atoms with Gasteiger partial charge >= 0.3 is 5.97 Å². The van der Waals surface area contributed by atoms with Crippen LogP contribution in [0.3, 0.4) is 0 Å². The summed E-state index contributed by atoms with van der Waals surface area (Å²) in [5, 5.41) is 15.2. The number of rotatable bonds is 3. The number of nitrogens with zero attached hydrogens (tertiary/aromatic N) is 2. The van der Waals surface area contributed by atoms with Crippen molar-refractivity contribution >= 4 is 16.8 Å². The number of hydrogen-bond donors (Lipinski definition) is 2. The maximum atomic E-state index is 13.7. The van der Waals surface area contributed by atoms with E-state index >= 15 is 0 Å². The fourth-order valence-corrected chi connectivity index (χ4v) is 5.40. The Hall–Kier alpha value is -3.07. The first-order valence-corrected chi connectivity index (χ1v) is 11.4. The van der Waals surface area contributed by atoms with E-state index in [1.165, 1.54) is 0 Å². The molecule has 0 unspecified atom stereocenters. The Labute approximate surface area is 190 Å². The second-order valence-electron chi connectivity index (χ2n) is 9.02. The van der Waals surface area contributed by atoms with E-state index in [0.717, 1.165) is 28.6 Å². The van der Waals surface area contributed by atoms with Gasteiger partial charge in [0.2, 0.25) is 0 Å². The van der Waals surface area contributed by atoms with Crippen LogP contribution in [0.5, 0.6) is 0 Å². The predicted octanol–water partition coefficient (Wildman–Crippen LogP) is 2.52. The molecule has 3 aromatic rings. The van der Waals surface area contributed by atoms with Crippen LogP contribution in [0.15, 0.2) is 41.2 Å². The number of fused-ring (bicyclic) bond motifs is 8. The van der Waals surface area contributed by atoms with E-state index in [2.05, 4.69) is 11.4 Å². The minimum Gasteiger partial charge on any atom is -0.342 e. The number of amides is 1. The number of para-hydroxylation sites is 1. The highest BCUT2D eigenvalue weighted by atomic mass is 16.8. The van der Waals surface area contributed by atoms with Crippen molar-refractivity contribution < 1.29 is 19.4 Å². The molecule has 0 radical (unpaired) electrons. The Balaban J connectivity index is 1.57. The molecule has 5 heterocycles. The van der Waals surface area contributed by atoms with Crippen molar-refractivity contribution in [2.24, 2.45) is 0 Å². The lowest BCUT2D eigenvalue weighted by Crippen LogP contribution is -2.67. The van der Waals surface area contributed by atoms with Gasteiger partial charge < -0.3 is 24.5 Å². The molecule has 3 aliphatic rings. The van der Waals surface area contributed by atoms with E-state index in [-0.39, 0.29) is 24.5 Å². The molecule has 1 aromatic carbocycles. The third-order valence-electron chi connectivity index (χ3n) is 7.14. The van der Waals surface area contributed by atoms with Crippen molar-refractivity contribution in [1.82, 2.24) is 14.9 Å². The zero-order valence-electron chi connectivity index (χ0n) is 18.6. The van der Waals surface area contributed by atoms with Crippen LogP contribution in [0, 0.1) is 0 Å². The highest BCUT2D eigenvalue weighted by molar-refractivity contribution is 5.89. The largest absolute Gasteiger partial charge is 0.342 e. The van der Waals surface area contributed by atoms with Crippen LogP contribution < -0.4 is 10.9 Å². The van der Waals surface area contributed by atoms with E-state index in [4.69, 9.17) is 14.5 Å². The van der Waals surface area contributed by atoms with Gasteiger partial charge in [0.25, 0.3) is 11.5 Å². The van der Waals surface area contributed by atoms with Crippen LogP contribution >= 0.6 is 0 Å². The third kappa shape index (κ3) is 2.71. The summed E-state index contributed by atoms with van der Waals surface area (Å²) in [5.74, 6) is -2.37. The fraction of sp³-hybridized carbons (Fsp3) is 0.400. The van der Waals surface area contributed by atoms with Crippen LogP contribution in [0.1, 0.15) is 49.8 Å². The van der Waals surface area contributed by atoms with Gasteiger partial charge in [-0.2, -0.15) is 0 Å². The van der Waals surface area contributed by atoms with Crippen molar-refractivity contribution in [3.8, 4) is 11.4 Å². The minimum atomic E-state index is -2.01. The van der Waals surface area contributed by atoms with E-state index in [1.54, 1.807) is 11.5 Å². The Bertz CT molecular complexity index is 1380. The normalized spacial score (nSPS) is 27.5. The van der Waals surface area contributed by atoms with Gasteiger partial charge in [0.1, 0.15) is 6.04 Å². The van der Waals surface area contributed by atoms with Gasteiger partial charge in [-0.25, -0.2) is 4.98 Å². The van der Waals surface area contributed by atoms with Crippen molar-refractivity contribution in [2.75, 3.05) is 0 Å². The number of aromatic nitrogens is 2. The van der Waals surface area contributed by atoms with Gasteiger partial charge in [0.05, 0.1) is 35.6 Å². The molecule has 0 aliphatic carbocycles. The summed E-state index contributed by atoms with van der Waals surface area (Å²) in [4.78, 5) is 31.9. The van der Waals surface area contributed by atoms with E-state index < -0.39 is 17.6 Å². The molecule has 2 bridgehead atoms. The topological polar surface area (TPSA) is 103 Å².